The molecule has 2 aliphatic heterocycles. The molecule has 1 spiro atoms. The number of piperidine rings is 1. The zero-order chi connectivity index (χ0) is 17.8. The number of ether oxygens (including phenoxy) is 1. The lowest BCUT2D eigenvalue weighted by atomic mass is 9.84. The molecular formula is C18H24N2O4S. The minimum absolute atomic E-state index is 0.0719. The third-order valence-corrected chi connectivity index (χ3v) is 7.98. The Hall–Kier alpha value is -1.44. The van der Waals surface area contributed by atoms with Crippen molar-refractivity contribution < 1.29 is 17.9 Å². The molecule has 1 aliphatic carbocycles. The summed E-state index contributed by atoms with van der Waals surface area (Å²) in [7, 11) is 0.299. The van der Waals surface area contributed by atoms with Crippen LogP contribution in [0.3, 0.4) is 0 Å². The molecule has 6 nitrogen and oxygen atoms in total. The molecule has 2 fully saturated rings. The Bertz CT molecular complexity index is 793. The second-order valence-electron chi connectivity index (χ2n) is 7.46. The van der Waals surface area contributed by atoms with Crippen LogP contribution in [-0.2, 0) is 25.2 Å². The van der Waals surface area contributed by atoms with E-state index < -0.39 is 21.7 Å². The lowest BCUT2D eigenvalue weighted by molar-refractivity contribution is -0.156. The fourth-order valence-electron chi connectivity index (χ4n) is 3.98. The van der Waals surface area contributed by atoms with Gasteiger partial charge in [0.1, 0.15) is 0 Å². The summed E-state index contributed by atoms with van der Waals surface area (Å²) in [4.78, 5) is 14.1. The summed E-state index contributed by atoms with van der Waals surface area (Å²) in [6.45, 7) is 0.909. The van der Waals surface area contributed by atoms with Crippen molar-refractivity contribution >= 4 is 15.9 Å². The van der Waals surface area contributed by atoms with Gasteiger partial charge in [0, 0.05) is 27.2 Å². The van der Waals surface area contributed by atoms with Crippen LogP contribution >= 0.6 is 0 Å². The van der Waals surface area contributed by atoms with E-state index in [0.29, 0.717) is 25.9 Å². The second-order valence-corrected chi connectivity index (χ2v) is 9.67. The van der Waals surface area contributed by atoms with Crippen LogP contribution in [0.5, 0.6) is 0 Å². The van der Waals surface area contributed by atoms with Gasteiger partial charge in [-0.25, -0.2) is 12.7 Å². The number of rotatable bonds is 3. The molecule has 1 unspecified atom stereocenters. The average molecular weight is 364 g/mol. The number of hydrogen-bond donors (Lipinski definition) is 0. The Morgan fingerprint density at radius 1 is 1.20 bits per heavy atom. The van der Waals surface area contributed by atoms with Crippen LogP contribution in [0, 0.1) is 0 Å². The number of hydrogen-bond acceptors (Lipinski definition) is 4. The van der Waals surface area contributed by atoms with Gasteiger partial charge in [0.25, 0.3) is 5.91 Å². The molecule has 1 aromatic rings. The summed E-state index contributed by atoms with van der Waals surface area (Å²) >= 11 is 0. The molecule has 2 heterocycles. The molecule has 4 rings (SSSR count). The lowest BCUT2D eigenvalue weighted by Crippen LogP contribution is -2.46. The third-order valence-electron chi connectivity index (χ3n) is 5.58. The highest BCUT2D eigenvalue weighted by molar-refractivity contribution is 7.90. The van der Waals surface area contributed by atoms with E-state index in [9.17, 15) is 13.2 Å². The second kappa shape index (κ2) is 5.79. The van der Waals surface area contributed by atoms with Crippen molar-refractivity contribution in [1.82, 2.24) is 9.21 Å². The predicted octanol–water partition coefficient (Wildman–Crippen LogP) is 1.63. The van der Waals surface area contributed by atoms with Gasteiger partial charge in [-0.2, -0.15) is 0 Å². The zero-order valence-electron chi connectivity index (χ0n) is 14.6. The third kappa shape index (κ3) is 2.69. The average Bonchev–Trinajstić information content (AvgIpc) is 3.41. The smallest absolute Gasteiger partial charge is 0.255 e. The largest absolute Gasteiger partial charge is 0.352 e. The normalized spacial score (nSPS) is 25.8. The van der Waals surface area contributed by atoms with Gasteiger partial charge in [-0.15, -0.1) is 0 Å². The van der Waals surface area contributed by atoms with Crippen molar-refractivity contribution in [2.75, 3.05) is 27.2 Å². The Balaban J connectivity index is 1.60. The highest BCUT2D eigenvalue weighted by atomic mass is 32.2. The van der Waals surface area contributed by atoms with E-state index in [4.69, 9.17) is 4.74 Å². The van der Waals surface area contributed by atoms with Crippen LogP contribution in [0.25, 0.3) is 0 Å². The van der Waals surface area contributed by atoms with Gasteiger partial charge in [-0.05, 0) is 36.8 Å². The summed E-state index contributed by atoms with van der Waals surface area (Å²) in [5.41, 5.74) is 1.40. The maximum atomic E-state index is 12.5. The van der Waals surface area contributed by atoms with E-state index in [-0.39, 0.29) is 11.2 Å². The first kappa shape index (κ1) is 17.0. The van der Waals surface area contributed by atoms with Crippen molar-refractivity contribution in [2.45, 2.75) is 42.6 Å². The van der Waals surface area contributed by atoms with Crippen LogP contribution < -0.4 is 0 Å². The van der Waals surface area contributed by atoms with Gasteiger partial charge in [-0.1, -0.05) is 24.3 Å². The summed E-state index contributed by atoms with van der Waals surface area (Å²) in [6, 6.07) is 7.84. The Labute approximate surface area is 148 Å². The van der Waals surface area contributed by atoms with E-state index in [1.165, 1.54) is 0 Å². The fourth-order valence-corrected chi connectivity index (χ4v) is 5.82. The van der Waals surface area contributed by atoms with E-state index in [1.54, 1.807) is 23.3 Å². The Morgan fingerprint density at radius 3 is 2.44 bits per heavy atom. The van der Waals surface area contributed by atoms with Crippen LogP contribution in [0.4, 0.5) is 0 Å². The van der Waals surface area contributed by atoms with E-state index >= 15 is 0 Å². The number of benzene rings is 1. The monoisotopic (exact) mass is 364 g/mol. The van der Waals surface area contributed by atoms with Crippen LogP contribution in [-0.4, -0.2) is 56.0 Å². The number of carbonyl (C=O) groups excluding carboxylic acids is 1. The molecule has 136 valence electrons. The quantitative estimate of drug-likeness (QED) is 0.818. The first-order valence-corrected chi connectivity index (χ1v) is 10.3. The summed E-state index contributed by atoms with van der Waals surface area (Å²) in [6.07, 6.45) is 2.14. The summed E-state index contributed by atoms with van der Waals surface area (Å²) in [5.74, 6) is -0.0719. The SMILES string of the molecule is CN(C)C(=O)C1OC2(CCN(S(=O)(=O)C3CC3)CC2)c2ccccc21. The first-order chi connectivity index (χ1) is 11.8. The molecule has 1 atom stereocenters. The summed E-state index contributed by atoms with van der Waals surface area (Å²) < 4.78 is 32.9. The zero-order valence-corrected chi connectivity index (χ0v) is 15.5. The number of likely N-dealkylation sites (N-methyl/N-ethyl adjacent to an activating group) is 1. The molecule has 25 heavy (non-hydrogen) atoms. The van der Waals surface area contributed by atoms with Crippen molar-refractivity contribution in [3.8, 4) is 0 Å². The minimum Gasteiger partial charge on any atom is -0.352 e. The van der Waals surface area contributed by atoms with Crippen LogP contribution in [0.15, 0.2) is 24.3 Å². The van der Waals surface area contributed by atoms with Gasteiger partial charge in [-0.3, -0.25) is 4.79 Å². The molecule has 0 radical (unpaired) electrons. The number of sulfonamides is 1. The number of fused-ring (bicyclic) bond motifs is 2. The maximum Gasteiger partial charge on any atom is 0.255 e. The van der Waals surface area contributed by atoms with E-state index in [2.05, 4.69) is 0 Å². The number of amides is 1. The van der Waals surface area contributed by atoms with Crippen molar-refractivity contribution in [3.63, 3.8) is 0 Å². The molecule has 7 heteroatoms. The molecular weight excluding hydrogens is 340 g/mol. The fraction of sp³-hybridized carbons (Fsp3) is 0.611. The minimum atomic E-state index is -3.15. The van der Waals surface area contributed by atoms with Gasteiger partial charge in [0.05, 0.1) is 10.9 Å². The van der Waals surface area contributed by atoms with Crippen LogP contribution in [0.2, 0.25) is 0 Å². The molecule has 0 bridgehead atoms. The van der Waals surface area contributed by atoms with Gasteiger partial charge in [0.2, 0.25) is 10.0 Å². The number of carbonyl (C=O) groups is 1. The molecule has 1 amide bonds. The predicted molar refractivity (Wildman–Crippen MR) is 93.4 cm³/mol. The maximum absolute atomic E-state index is 12.5. The molecule has 1 aromatic carbocycles. The molecule has 0 N–H and O–H groups in total. The molecule has 0 aromatic heterocycles. The highest BCUT2D eigenvalue weighted by Crippen LogP contribution is 2.50. The first-order valence-electron chi connectivity index (χ1n) is 8.82. The Morgan fingerprint density at radius 2 is 1.84 bits per heavy atom. The van der Waals surface area contributed by atoms with E-state index in [0.717, 1.165) is 24.0 Å². The summed E-state index contributed by atoms with van der Waals surface area (Å²) in [5, 5.41) is -0.179. The number of nitrogens with zero attached hydrogens (tertiary/aromatic N) is 2. The Kier molecular flexibility index (Phi) is 3.94. The van der Waals surface area contributed by atoms with Gasteiger partial charge >= 0.3 is 0 Å². The van der Waals surface area contributed by atoms with Gasteiger partial charge < -0.3 is 9.64 Å². The lowest BCUT2D eigenvalue weighted by Gasteiger charge is -2.39. The highest BCUT2D eigenvalue weighted by Gasteiger charge is 2.51. The molecule has 1 saturated carbocycles. The topological polar surface area (TPSA) is 66.9 Å². The molecule has 3 aliphatic rings. The molecule has 1 saturated heterocycles. The van der Waals surface area contributed by atoms with Gasteiger partial charge in [0.15, 0.2) is 6.10 Å². The standard InChI is InChI=1S/C18H24N2O4S/c1-19(2)17(21)16-14-5-3-4-6-15(14)18(24-16)9-11-20(12-10-18)25(22,23)13-7-8-13/h3-6,13,16H,7-12H2,1-2H3. The van der Waals surface area contributed by atoms with Crippen molar-refractivity contribution in [1.29, 1.82) is 0 Å². The van der Waals surface area contributed by atoms with Crippen molar-refractivity contribution in [2.24, 2.45) is 0 Å². The van der Waals surface area contributed by atoms with E-state index in [1.807, 2.05) is 24.3 Å². The van der Waals surface area contributed by atoms with Crippen LogP contribution in [0.1, 0.15) is 42.9 Å². The van der Waals surface area contributed by atoms with Crippen molar-refractivity contribution in [3.05, 3.63) is 35.4 Å².